The maximum atomic E-state index is 5.40. The fourth-order valence-corrected chi connectivity index (χ4v) is 2.22. The van der Waals surface area contributed by atoms with Gasteiger partial charge in [-0.15, -0.1) is 11.3 Å². The molecule has 1 atom stereocenters. The van der Waals surface area contributed by atoms with Crippen molar-refractivity contribution in [3.8, 4) is 5.75 Å². The first kappa shape index (κ1) is 11.9. The Labute approximate surface area is 105 Å². The first-order chi connectivity index (χ1) is 8.29. The van der Waals surface area contributed by atoms with Crippen LogP contribution in [0.2, 0.25) is 0 Å². The molecule has 2 rings (SSSR count). The van der Waals surface area contributed by atoms with Crippen LogP contribution in [0.15, 0.2) is 35.2 Å². The molecule has 17 heavy (non-hydrogen) atoms. The number of ether oxygens (including phenoxy) is 1. The second kappa shape index (κ2) is 5.68. The van der Waals surface area contributed by atoms with Crippen molar-refractivity contribution in [2.75, 3.05) is 11.9 Å². The van der Waals surface area contributed by atoms with Crippen LogP contribution >= 0.6 is 11.3 Å². The number of thiazole rings is 1. The predicted octanol–water partition coefficient (Wildman–Crippen LogP) is 3.71. The van der Waals surface area contributed by atoms with Gasteiger partial charge in [0.1, 0.15) is 5.75 Å². The van der Waals surface area contributed by atoms with E-state index in [-0.39, 0.29) is 6.04 Å². The minimum atomic E-state index is 0.221. The minimum absolute atomic E-state index is 0.221. The van der Waals surface area contributed by atoms with Crippen LogP contribution in [0.3, 0.4) is 0 Å². The number of hydrogen-bond acceptors (Lipinski definition) is 4. The van der Waals surface area contributed by atoms with Crippen molar-refractivity contribution in [3.63, 3.8) is 0 Å². The minimum Gasteiger partial charge on any atom is -0.494 e. The van der Waals surface area contributed by atoms with Crippen LogP contribution in [0.4, 0.5) is 5.69 Å². The van der Waals surface area contributed by atoms with Gasteiger partial charge < -0.3 is 10.1 Å². The molecule has 0 fully saturated rings. The van der Waals surface area contributed by atoms with E-state index in [4.69, 9.17) is 4.74 Å². The van der Waals surface area contributed by atoms with Gasteiger partial charge in [0.15, 0.2) is 0 Å². The summed E-state index contributed by atoms with van der Waals surface area (Å²) in [6, 6.07) is 8.21. The molecular formula is C13H16N2OS. The molecule has 1 unspecified atom stereocenters. The number of aromatic nitrogens is 1. The van der Waals surface area contributed by atoms with Crippen molar-refractivity contribution in [2.24, 2.45) is 0 Å². The SMILES string of the molecule is CCOc1ccc(NC(C)c2cscn2)cc1. The Kier molecular flexibility index (Phi) is 3.98. The van der Waals surface area contributed by atoms with E-state index in [9.17, 15) is 0 Å². The molecule has 0 aliphatic heterocycles. The van der Waals surface area contributed by atoms with Crippen LogP contribution in [0, 0.1) is 0 Å². The van der Waals surface area contributed by atoms with E-state index < -0.39 is 0 Å². The molecule has 0 saturated carbocycles. The maximum Gasteiger partial charge on any atom is 0.119 e. The Morgan fingerprint density at radius 1 is 1.35 bits per heavy atom. The predicted molar refractivity (Wildman–Crippen MR) is 71.8 cm³/mol. The van der Waals surface area contributed by atoms with Gasteiger partial charge in [-0.2, -0.15) is 0 Å². The highest BCUT2D eigenvalue weighted by Crippen LogP contribution is 2.21. The molecule has 0 aliphatic rings. The summed E-state index contributed by atoms with van der Waals surface area (Å²) in [7, 11) is 0. The zero-order valence-corrected chi connectivity index (χ0v) is 10.8. The third-order valence-electron chi connectivity index (χ3n) is 2.44. The standard InChI is InChI=1S/C13H16N2OS/c1-3-16-12-6-4-11(5-7-12)15-10(2)13-8-17-9-14-13/h4-10,15H,3H2,1-2H3. The zero-order chi connectivity index (χ0) is 12.1. The van der Waals surface area contributed by atoms with Crippen molar-refractivity contribution < 1.29 is 4.74 Å². The Bertz CT molecular complexity index is 439. The van der Waals surface area contributed by atoms with Gasteiger partial charge in [0, 0.05) is 11.1 Å². The number of nitrogens with zero attached hydrogens (tertiary/aromatic N) is 1. The van der Waals surface area contributed by atoms with E-state index >= 15 is 0 Å². The number of nitrogens with one attached hydrogen (secondary N) is 1. The molecule has 1 aromatic carbocycles. The van der Waals surface area contributed by atoms with E-state index in [0.717, 1.165) is 17.1 Å². The maximum absolute atomic E-state index is 5.40. The lowest BCUT2D eigenvalue weighted by molar-refractivity contribution is 0.340. The average Bonchev–Trinajstić information content (AvgIpc) is 2.86. The van der Waals surface area contributed by atoms with Gasteiger partial charge in [-0.1, -0.05) is 0 Å². The Balaban J connectivity index is 1.99. The second-order valence-corrected chi connectivity index (χ2v) is 4.46. The number of anilines is 1. The molecule has 0 aliphatic carbocycles. The summed E-state index contributed by atoms with van der Waals surface area (Å²) in [5.41, 5.74) is 4.00. The molecule has 1 N–H and O–H groups in total. The highest BCUT2D eigenvalue weighted by molar-refractivity contribution is 7.07. The number of benzene rings is 1. The lowest BCUT2D eigenvalue weighted by Gasteiger charge is -2.13. The number of rotatable bonds is 5. The van der Waals surface area contributed by atoms with Crippen molar-refractivity contribution in [3.05, 3.63) is 40.8 Å². The van der Waals surface area contributed by atoms with Crippen molar-refractivity contribution in [2.45, 2.75) is 19.9 Å². The summed E-state index contributed by atoms with van der Waals surface area (Å²) in [5.74, 6) is 0.902. The lowest BCUT2D eigenvalue weighted by Crippen LogP contribution is -2.06. The molecule has 0 bridgehead atoms. The summed E-state index contributed by atoms with van der Waals surface area (Å²) >= 11 is 1.62. The van der Waals surface area contributed by atoms with Crippen LogP contribution in [0.5, 0.6) is 5.75 Å². The molecule has 0 radical (unpaired) electrons. The quantitative estimate of drug-likeness (QED) is 0.875. The van der Waals surface area contributed by atoms with Gasteiger partial charge in [0.25, 0.3) is 0 Å². The summed E-state index contributed by atoms with van der Waals surface area (Å²) in [6.45, 7) is 4.78. The lowest BCUT2D eigenvalue weighted by atomic mass is 10.2. The fourth-order valence-electron chi connectivity index (χ4n) is 1.57. The average molecular weight is 248 g/mol. The molecular weight excluding hydrogens is 232 g/mol. The Morgan fingerprint density at radius 3 is 2.71 bits per heavy atom. The Morgan fingerprint density at radius 2 is 2.12 bits per heavy atom. The molecule has 1 heterocycles. The Hall–Kier alpha value is -1.55. The first-order valence-corrected chi connectivity index (χ1v) is 6.61. The van der Waals surface area contributed by atoms with Crippen molar-refractivity contribution in [1.29, 1.82) is 0 Å². The first-order valence-electron chi connectivity index (χ1n) is 5.67. The van der Waals surface area contributed by atoms with E-state index in [0.29, 0.717) is 6.61 Å². The van der Waals surface area contributed by atoms with Crippen LogP contribution in [-0.4, -0.2) is 11.6 Å². The fraction of sp³-hybridized carbons (Fsp3) is 0.308. The normalized spacial score (nSPS) is 12.1. The van der Waals surface area contributed by atoms with E-state index in [1.54, 1.807) is 11.3 Å². The van der Waals surface area contributed by atoms with Gasteiger partial charge in [0.05, 0.1) is 23.9 Å². The van der Waals surface area contributed by atoms with E-state index in [2.05, 4.69) is 22.6 Å². The molecule has 0 amide bonds. The molecule has 1 aromatic heterocycles. The summed E-state index contributed by atoms with van der Waals surface area (Å²) in [4.78, 5) is 4.29. The van der Waals surface area contributed by atoms with Gasteiger partial charge in [0.2, 0.25) is 0 Å². The van der Waals surface area contributed by atoms with Crippen LogP contribution < -0.4 is 10.1 Å². The van der Waals surface area contributed by atoms with Gasteiger partial charge in [-0.3, -0.25) is 0 Å². The molecule has 0 saturated heterocycles. The molecule has 2 aromatic rings. The van der Waals surface area contributed by atoms with E-state index in [1.807, 2.05) is 36.7 Å². The summed E-state index contributed by atoms with van der Waals surface area (Å²) in [6.07, 6.45) is 0. The van der Waals surface area contributed by atoms with Crippen LogP contribution in [-0.2, 0) is 0 Å². The van der Waals surface area contributed by atoms with Crippen LogP contribution in [0.1, 0.15) is 25.6 Å². The van der Waals surface area contributed by atoms with Gasteiger partial charge >= 0.3 is 0 Å². The van der Waals surface area contributed by atoms with Crippen molar-refractivity contribution in [1.82, 2.24) is 4.98 Å². The monoisotopic (exact) mass is 248 g/mol. The second-order valence-electron chi connectivity index (χ2n) is 3.74. The van der Waals surface area contributed by atoms with E-state index in [1.165, 1.54) is 0 Å². The third-order valence-corrected chi connectivity index (χ3v) is 3.05. The van der Waals surface area contributed by atoms with Crippen LogP contribution in [0.25, 0.3) is 0 Å². The molecule has 0 spiro atoms. The molecule has 4 heteroatoms. The smallest absolute Gasteiger partial charge is 0.119 e. The molecule has 3 nitrogen and oxygen atoms in total. The topological polar surface area (TPSA) is 34.1 Å². The summed E-state index contributed by atoms with van der Waals surface area (Å²) in [5, 5.41) is 5.46. The molecule has 90 valence electrons. The highest BCUT2D eigenvalue weighted by Gasteiger charge is 2.06. The number of hydrogen-bond donors (Lipinski definition) is 1. The summed E-state index contributed by atoms with van der Waals surface area (Å²) < 4.78 is 5.40. The highest BCUT2D eigenvalue weighted by atomic mass is 32.1. The largest absolute Gasteiger partial charge is 0.494 e. The van der Waals surface area contributed by atoms with Gasteiger partial charge in [-0.25, -0.2) is 4.98 Å². The third kappa shape index (κ3) is 3.20. The van der Waals surface area contributed by atoms with Crippen molar-refractivity contribution >= 4 is 17.0 Å². The zero-order valence-electron chi connectivity index (χ0n) is 10.0. The van der Waals surface area contributed by atoms with Gasteiger partial charge in [-0.05, 0) is 38.1 Å².